The van der Waals surface area contributed by atoms with Crippen LogP contribution in [0.5, 0.6) is 0 Å². The number of rotatable bonds is 5. The van der Waals surface area contributed by atoms with Crippen LogP contribution in [-0.2, 0) is 9.47 Å². The number of imidazole rings is 1. The van der Waals surface area contributed by atoms with E-state index in [0.717, 1.165) is 6.07 Å². The van der Waals surface area contributed by atoms with Gasteiger partial charge in [-0.2, -0.15) is 0 Å². The summed E-state index contributed by atoms with van der Waals surface area (Å²) in [7, 11) is 0. The number of ether oxygens (including phenoxy) is 2. The summed E-state index contributed by atoms with van der Waals surface area (Å²) in [6, 6.07) is 16.6. The molecule has 1 fully saturated rings. The molecule has 1 aliphatic heterocycles. The van der Waals surface area contributed by atoms with Gasteiger partial charge in [-0.1, -0.05) is 36.4 Å². The number of ketones is 1. The average Bonchev–Trinajstić information content (AvgIpc) is 3.41. The molecule has 8 heteroatoms. The van der Waals surface area contributed by atoms with E-state index in [0.29, 0.717) is 11.0 Å². The number of Topliss-reactive ketones (excluding diaryl/α,β-unsaturated/α-hetero) is 1. The molecule has 6 nitrogen and oxygen atoms in total. The number of aromatic nitrogens is 2. The van der Waals surface area contributed by atoms with Crippen LogP contribution >= 0.6 is 0 Å². The summed E-state index contributed by atoms with van der Waals surface area (Å²) >= 11 is 0. The fraction of sp³-hybridized carbons (Fsp3) is 0.185. The van der Waals surface area contributed by atoms with Crippen LogP contribution in [0.2, 0.25) is 0 Å². The Balaban J connectivity index is 1.66. The molecule has 1 aliphatic rings. The Labute approximate surface area is 199 Å². The number of H-pyrrole nitrogens is 1. The Morgan fingerprint density at radius 2 is 1.86 bits per heavy atom. The Kier molecular flexibility index (Phi) is 5.70. The number of hydrogen-bond donors (Lipinski definition) is 2. The first-order valence-corrected chi connectivity index (χ1v) is 11.0. The van der Waals surface area contributed by atoms with Gasteiger partial charge in [0, 0.05) is 11.1 Å². The van der Waals surface area contributed by atoms with Crippen LogP contribution in [0.1, 0.15) is 47.3 Å². The van der Waals surface area contributed by atoms with Crippen molar-refractivity contribution in [2.24, 2.45) is 0 Å². The lowest BCUT2D eigenvalue weighted by atomic mass is 9.95. The second kappa shape index (κ2) is 8.72. The highest BCUT2D eigenvalue weighted by molar-refractivity contribution is 6.33. The summed E-state index contributed by atoms with van der Waals surface area (Å²) in [5.74, 6) is -3.58. The Morgan fingerprint density at radius 1 is 1.09 bits per heavy atom. The van der Waals surface area contributed by atoms with Crippen molar-refractivity contribution in [2.45, 2.75) is 25.7 Å². The minimum absolute atomic E-state index is 0.0318. The van der Waals surface area contributed by atoms with E-state index in [9.17, 15) is 14.3 Å². The predicted octanol–water partition coefficient (Wildman–Crippen LogP) is 5.97. The van der Waals surface area contributed by atoms with Crippen molar-refractivity contribution in [2.75, 3.05) is 6.61 Å². The molecule has 2 N–H and O–H groups in total. The van der Waals surface area contributed by atoms with E-state index in [1.165, 1.54) is 36.4 Å². The van der Waals surface area contributed by atoms with E-state index < -0.39 is 35.1 Å². The van der Waals surface area contributed by atoms with E-state index in [1.54, 1.807) is 38.1 Å². The molecule has 1 aromatic heterocycles. The van der Waals surface area contributed by atoms with Crippen LogP contribution in [0.3, 0.4) is 0 Å². The fourth-order valence-electron chi connectivity index (χ4n) is 4.13. The lowest BCUT2D eigenvalue weighted by molar-refractivity contribution is -0.139. The van der Waals surface area contributed by atoms with Gasteiger partial charge in [0.15, 0.2) is 5.79 Å². The smallest absolute Gasteiger partial charge is 0.203 e. The molecule has 0 radical (unpaired) electrons. The van der Waals surface area contributed by atoms with Gasteiger partial charge in [-0.05, 0) is 44.2 Å². The quantitative estimate of drug-likeness (QED) is 0.211. The third-order valence-electron chi connectivity index (χ3n) is 5.82. The molecule has 0 spiro atoms. The van der Waals surface area contributed by atoms with Crippen LogP contribution in [0.4, 0.5) is 8.78 Å². The number of allylic oxidation sites excluding steroid dienone is 1. The molecule has 5 rings (SSSR count). The zero-order valence-electron chi connectivity index (χ0n) is 19.0. The molecule has 1 atom stereocenters. The van der Waals surface area contributed by atoms with Gasteiger partial charge in [0.05, 0.1) is 23.2 Å². The van der Waals surface area contributed by atoms with Crippen molar-refractivity contribution in [1.29, 1.82) is 0 Å². The number of aliphatic hydroxyl groups excluding tert-OH is 1. The predicted molar refractivity (Wildman–Crippen MR) is 127 cm³/mol. The summed E-state index contributed by atoms with van der Waals surface area (Å²) in [6.07, 6.45) is -0.701. The molecule has 3 aromatic carbocycles. The van der Waals surface area contributed by atoms with Crippen molar-refractivity contribution >= 4 is 28.1 Å². The first-order chi connectivity index (χ1) is 16.7. The zero-order valence-corrected chi connectivity index (χ0v) is 19.0. The van der Waals surface area contributed by atoms with Crippen molar-refractivity contribution in [3.05, 3.63) is 101 Å². The molecule has 2 heterocycles. The molecule has 4 aromatic rings. The van der Waals surface area contributed by atoms with Gasteiger partial charge >= 0.3 is 0 Å². The monoisotopic (exact) mass is 476 g/mol. The van der Waals surface area contributed by atoms with E-state index in [-0.39, 0.29) is 34.7 Å². The first-order valence-electron chi connectivity index (χ1n) is 11.0. The average molecular weight is 476 g/mol. The Hall–Kier alpha value is -3.88. The summed E-state index contributed by atoms with van der Waals surface area (Å²) < 4.78 is 40.9. The molecular weight excluding hydrogens is 454 g/mol. The summed E-state index contributed by atoms with van der Waals surface area (Å²) in [5.41, 5.74) is 0.817. The molecular formula is C27H22F2N2O4. The number of aliphatic hydroxyl groups is 1. The second-order valence-corrected chi connectivity index (χ2v) is 8.69. The number of para-hydroxylation sites is 2. The van der Waals surface area contributed by atoms with E-state index in [1.807, 2.05) is 0 Å². The number of hydrogen-bond acceptors (Lipinski definition) is 5. The van der Waals surface area contributed by atoms with Crippen molar-refractivity contribution < 1.29 is 28.2 Å². The summed E-state index contributed by atoms with van der Waals surface area (Å²) in [6.45, 7) is 3.57. The highest BCUT2D eigenvalue weighted by atomic mass is 19.1. The van der Waals surface area contributed by atoms with Gasteiger partial charge in [0.2, 0.25) is 5.78 Å². The molecule has 0 aliphatic carbocycles. The van der Waals surface area contributed by atoms with Gasteiger partial charge in [0.25, 0.3) is 0 Å². The summed E-state index contributed by atoms with van der Waals surface area (Å²) in [5, 5.41) is 11.1. The molecule has 0 saturated carbocycles. The maximum atomic E-state index is 15.7. The van der Waals surface area contributed by atoms with Crippen LogP contribution in [-0.4, -0.2) is 33.3 Å². The Bertz CT molecular complexity index is 1440. The molecule has 178 valence electrons. The van der Waals surface area contributed by atoms with E-state index in [4.69, 9.17) is 9.47 Å². The van der Waals surface area contributed by atoms with Gasteiger partial charge in [-0.15, -0.1) is 0 Å². The minimum Gasteiger partial charge on any atom is -0.506 e. The number of nitrogens with one attached hydrogen (secondary N) is 1. The van der Waals surface area contributed by atoms with Crippen LogP contribution < -0.4 is 0 Å². The number of halogens is 2. The van der Waals surface area contributed by atoms with Crippen molar-refractivity contribution in [3.63, 3.8) is 0 Å². The van der Waals surface area contributed by atoms with Crippen molar-refractivity contribution in [3.8, 4) is 0 Å². The Morgan fingerprint density at radius 3 is 2.57 bits per heavy atom. The van der Waals surface area contributed by atoms with Crippen LogP contribution in [0.15, 0.2) is 66.7 Å². The largest absolute Gasteiger partial charge is 0.506 e. The van der Waals surface area contributed by atoms with E-state index in [2.05, 4.69) is 9.97 Å². The molecule has 0 unspecified atom stereocenters. The van der Waals surface area contributed by atoms with Crippen molar-refractivity contribution in [1.82, 2.24) is 9.97 Å². The second-order valence-electron chi connectivity index (χ2n) is 8.69. The zero-order chi connectivity index (χ0) is 24.7. The molecule has 0 bridgehead atoms. The molecule has 35 heavy (non-hydrogen) atoms. The lowest BCUT2D eigenvalue weighted by Crippen LogP contribution is -2.20. The highest BCUT2D eigenvalue weighted by Gasteiger charge is 2.36. The van der Waals surface area contributed by atoms with Gasteiger partial charge < -0.3 is 19.6 Å². The standard InChI is InChI=1S/C27H22F2N2O4/c1-27(2)34-14-21(35-27)17-9-6-10-18(23(17)29)25(33)22(24(32)15-7-5-8-16(28)13-15)26-30-19-11-3-4-12-20(19)31-26/h3-13,21,32H,14H2,1-2H3,(H,30,31)/b24-22-/t21-/m0/s1. The first kappa shape index (κ1) is 22.9. The van der Waals surface area contributed by atoms with E-state index >= 15 is 4.39 Å². The highest BCUT2D eigenvalue weighted by Crippen LogP contribution is 2.36. The third-order valence-corrected chi connectivity index (χ3v) is 5.82. The number of fused-ring (bicyclic) bond motifs is 1. The number of benzene rings is 3. The molecule has 1 saturated heterocycles. The lowest BCUT2D eigenvalue weighted by Gasteiger charge is -2.18. The maximum Gasteiger partial charge on any atom is 0.203 e. The fourth-order valence-corrected chi connectivity index (χ4v) is 4.13. The SMILES string of the molecule is CC1(C)OC[C@@H](c2cccc(C(=O)/C(=C(/O)c3cccc(F)c3)c3nc4ccccc4[nH]3)c2F)O1. The topological polar surface area (TPSA) is 84.4 Å². The minimum atomic E-state index is -0.883. The third kappa shape index (κ3) is 4.34. The normalized spacial score (nSPS) is 18.0. The van der Waals surface area contributed by atoms with Crippen LogP contribution in [0, 0.1) is 11.6 Å². The summed E-state index contributed by atoms with van der Waals surface area (Å²) in [4.78, 5) is 21.2. The number of nitrogens with zero attached hydrogens (tertiary/aromatic N) is 1. The molecule has 0 amide bonds. The van der Waals surface area contributed by atoms with Crippen LogP contribution in [0.25, 0.3) is 22.4 Å². The van der Waals surface area contributed by atoms with Gasteiger partial charge in [-0.25, -0.2) is 13.8 Å². The van der Waals surface area contributed by atoms with Gasteiger partial charge in [0.1, 0.15) is 34.9 Å². The van der Waals surface area contributed by atoms with Gasteiger partial charge in [-0.3, -0.25) is 4.79 Å². The number of carbonyl (C=O) groups is 1. The number of aromatic amines is 1. The maximum absolute atomic E-state index is 15.7. The number of carbonyl (C=O) groups excluding carboxylic acids is 1.